The molecule has 1 aliphatic heterocycles. The second kappa shape index (κ2) is 6.75. The van der Waals surface area contributed by atoms with E-state index >= 15 is 0 Å². The summed E-state index contributed by atoms with van der Waals surface area (Å²) in [6.07, 6.45) is 2.03. The first kappa shape index (κ1) is 17.3. The molecule has 0 unspecified atom stereocenters. The summed E-state index contributed by atoms with van der Waals surface area (Å²) < 4.78 is 1.71. The number of nitrogens with zero attached hydrogens (tertiary/aromatic N) is 4. The lowest BCUT2D eigenvalue weighted by atomic mass is 10.2. The van der Waals surface area contributed by atoms with E-state index in [1.807, 2.05) is 11.8 Å². The van der Waals surface area contributed by atoms with Crippen LogP contribution in [0.15, 0.2) is 0 Å². The minimum absolute atomic E-state index is 0.0778. The highest BCUT2D eigenvalue weighted by Gasteiger charge is 2.36. The van der Waals surface area contributed by atoms with E-state index in [0.717, 1.165) is 12.8 Å². The van der Waals surface area contributed by atoms with Crippen LogP contribution in [0.25, 0.3) is 0 Å². The minimum atomic E-state index is -0.0778. The fourth-order valence-electron chi connectivity index (χ4n) is 3.14. The molecule has 2 aliphatic rings. The molecule has 7 heteroatoms. The summed E-state index contributed by atoms with van der Waals surface area (Å²) in [5.74, 6) is 0.812. The molecule has 0 aromatic carbocycles. The van der Waals surface area contributed by atoms with E-state index in [9.17, 15) is 9.59 Å². The molecule has 0 spiro atoms. The summed E-state index contributed by atoms with van der Waals surface area (Å²) >= 11 is 6.41. The van der Waals surface area contributed by atoms with Gasteiger partial charge in [0.05, 0.1) is 11.3 Å². The Balaban J connectivity index is 1.67. The zero-order chi connectivity index (χ0) is 17.4. The molecule has 0 radical (unpaired) electrons. The van der Waals surface area contributed by atoms with Gasteiger partial charge in [-0.15, -0.1) is 0 Å². The number of amides is 2. The third kappa shape index (κ3) is 3.43. The van der Waals surface area contributed by atoms with Gasteiger partial charge in [0.1, 0.15) is 5.15 Å². The van der Waals surface area contributed by atoms with Gasteiger partial charge in [-0.3, -0.25) is 14.3 Å². The lowest BCUT2D eigenvalue weighted by Gasteiger charge is -2.35. The number of hydrogen-bond donors (Lipinski definition) is 0. The zero-order valence-electron chi connectivity index (χ0n) is 14.6. The van der Waals surface area contributed by atoms with Crippen molar-refractivity contribution in [2.75, 3.05) is 26.2 Å². The van der Waals surface area contributed by atoms with Crippen LogP contribution in [0.3, 0.4) is 0 Å². The predicted molar refractivity (Wildman–Crippen MR) is 92.0 cm³/mol. The first-order chi connectivity index (χ1) is 11.4. The van der Waals surface area contributed by atoms with Crippen LogP contribution in [0, 0.1) is 18.8 Å². The highest BCUT2D eigenvalue weighted by molar-refractivity contribution is 6.33. The van der Waals surface area contributed by atoms with Gasteiger partial charge in [0.15, 0.2) is 0 Å². The summed E-state index contributed by atoms with van der Waals surface area (Å²) in [5.41, 5.74) is 1.17. The molecule has 1 aromatic rings. The van der Waals surface area contributed by atoms with Crippen molar-refractivity contribution >= 4 is 23.4 Å². The van der Waals surface area contributed by atoms with Gasteiger partial charge >= 0.3 is 0 Å². The highest BCUT2D eigenvalue weighted by atomic mass is 35.5. The third-order valence-electron chi connectivity index (χ3n) is 4.62. The molecule has 6 nitrogen and oxygen atoms in total. The smallest absolute Gasteiger partial charge is 0.259 e. The molecular weight excluding hydrogens is 328 g/mol. The normalized spacial score (nSPS) is 18.4. The molecule has 0 N–H and O–H groups in total. The largest absolute Gasteiger partial charge is 0.339 e. The van der Waals surface area contributed by atoms with E-state index in [-0.39, 0.29) is 17.7 Å². The first-order valence-electron chi connectivity index (χ1n) is 8.69. The van der Waals surface area contributed by atoms with Gasteiger partial charge in [-0.05, 0) is 25.7 Å². The fraction of sp³-hybridized carbons (Fsp3) is 0.706. The number of carbonyl (C=O) groups is 2. The Hall–Kier alpha value is -1.56. The van der Waals surface area contributed by atoms with Crippen molar-refractivity contribution in [3.8, 4) is 0 Å². The van der Waals surface area contributed by atoms with Gasteiger partial charge in [-0.2, -0.15) is 5.10 Å². The number of rotatable bonds is 4. The molecule has 0 atom stereocenters. The lowest BCUT2D eigenvalue weighted by molar-refractivity contribution is -0.134. The molecule has 2 heterocycles. The molecule has 1 aliphatic carbocycles. The van der Waals surface area contributed by atoms with E-state index < -0.39 is 0 Å². The number of halogens is 1. The summed E-state index contributed by atoms with van der Waals surface area (Å²) in [4.78, 5) is 28.6. The fourth-order valence-corrected chi connectivity index (χ4v) is 3.46. The van der Waals surface area contributed by atoms with Crippen molar-refractivity contribution in [2.45, 2.75) is 40.2 Å². The van der Waals surface area contributed by atoms with Gasteiger partial charge in [-0.1, -0.05) is 25.4 Å². The maximum absolute atomic E-state index is 12.8. The maximum atomic E-state index is 12.8. The molecule has 0 bridgehead atoms. The Kier molecular flexibility index (Phi) is 4.85. The van der Waals surface area contributed by atoms with E-state index in [1.54, 1.807) is 9.58 Å². The molecule has 132 valence electrons. The molecule has 1 saturated carbocycles. The van der Waals surface area contributed by atoms with Gasteiger partial charge in [-0.25, -0.2) is 0 Å². The SMILES string of the molecule is Cc1nn(CC(C)C)c(Cl)c1C(=O)N1CCN(C(=O)C2CC2)CC1. The van der Waals surface area contributed by atoms with Crippen molar-refractivity contribution < 1.29 is 9.59 Å². The van der Waals surface area contributed by atoms with Crippen LogP contribution in [0.5, 0.6) is 0 Å². The Morgan fingerprint density at radius 3 is 2.29 bits per heavy atom. The van der Waals surface area contributed by atoms with Gasteiger partial charge in [0.2, 0.25) is 5.91 Å². The second-order valence-electron chi connectivity index (χ2n) is 7.22. The van der Waals surface area contributed by atoms with Crippen LogP contribution in [0.1, 0.15) is 42.7 Å². The van der Waals surface area contributed by atoms with Crippen LogP contribution >= 0.6 is 11.6 Å². The topological polar surface area (TPSA) is 58.4 Å². The molecule has 1 aromatic heterocycles. The summed E-state index contributed by atoms with van der Waals surface area (Å²) in [7, 11) is 0. The van der Waals surface area contributed by atoms with E-state index in [0.29, 0.717) is 55.1 Å². The Morgan fingerprint density at radius 1 is 1.17 bits per heavy atom. The standard InChI is InChI=1S/C17H25ClN4O2/c1-11(2)10-22-15(18)14(12(3)19-22)17(24)21-8-6-20(7-9-21)16(23)13-4-5-13/h11,13H,4-10H2,1-3H3. The third-order valence-corrected chi connectivity index (χ3v) is 5.01. The monoisotopic (exact) mass is 352 g/mol. The Bertz CT molecular complexity index is 643. The quantitative estimate of drug-likeness (QED) is 0.834. The summed E-state index contributed by atoms with van der Waals surface area (Å²) in [5, 5.41) is 4.83. The average molecular weight is 353 g/mol. The summed E-state index contributed by atoms with van der Waals surface area (Å²) in [6, 6.07) is 0. The number of hydrogen-bond acceptors (Lipinski definition) is 3. The van der Waals surface area contributed by atoms with Crippen molar-refractivity contribution in [3.05, 3.63) is 16.4 Å². The molecule has 24 heavy (non-hydrogen) atoms. The van der Waals surface area contributed by atoms with Gasteiger partial charge < -0.3 is 9.80 Å². The molecule has 2 fully saturated rings. The number of aromatic nitrogens is 2. The molecule has 2 amide bonds. The number of carbonyl (C=O) groups excluding carboxylic acids is 2. The number of aryl methyl sites for hydroxylation is 1. The Labute approximate surface area is 147 Å². The van der Waals surface area contributed by atoms with Gasteiger partial charge in [0, 0.05) is 38.6 Å². The van der Waals surface area contributed by atoms with Crippen LogP contribution in [-0.2, 0) is 11.3 Å². The molecular formula is C17H25ClN4O2. The van der Waals surface area contributed by atoms with E-state index in [4.69, 9.17) is 11.6 Å². The van der Waals surface area contributed by atoms with Crippen molar-refractivity contribution in [1.82, 2.24) is 19.6 Å². The predicted octanol–water partition coefficient (Wildman–Crippen LogP) is 2.20. The van der Waals surface area contributed by atoms with Crippen LogP contribution in [0.4, 0.5) is 0 Å². The van der Waals surface area contributed by atoms with Crippen LogP contribution < -0.4 is 0 Å². The zero-order valence-corrected chi connectivity index (χ0v) is 15.3. The van der Waals surface area contributed by atoms with Gasteiger partial charge in [0.25, 0.3) is 5.91 Å². The van der Waals surface area contributed by atoms with Crippen molar-refractivity contribution in [1.29, 1.82) is 0 Å². The minimum Gasteiger partial charge on any atom is -0.339 e. The lowest BCUT2D eigenvalue weighted by Crippen LogP contribution is -2.51. The van der Waals surface area contributed by atoms with Crippen molar-refractivity contribution in [2.24, 2.45) is 11.8 Å². The van der Waals surface area contributed by atoms with E-state index in [1.165, 1.54) is 0 Å². The molecule has 3 rings (SSSR count). The van der Waals surface area contributed by atoms with Crippen LogP contribution in [0.2, 0.25) is 5.15 Å². The average Bonchev–Trinajstić information content (AvgIpc) is 3.34. The van der Waals surface area contributed by atoms with Crippen molar-refractivity contribution in [3.63, 3.8) is 0 Å². The first-order valence-corrected chi connectivity index (χ1v) is 9.07. The Morgan fingerprint density at radius 2 is 1.75 bits per heavy atom. The molecule has 1 saturated heterocycles. The second-order valence-corrected chi connectivity index (χ2v) is 7.58. The maximum Gasteiger partial charge on any atom is 0.259 e. The summed E-state index contributed by atoms with van der Waals surface area (Å²) in [6.45, 7) is 9.02. The van der Waals surface area contributed by atoms with Crippen LogP contribution in [-0.4, -0.2) is 57.6 Å². The van der Waals surface area contributed by atoms with E-state index in [2.05, 4.69) is 18.9 Å². The number of piperazine rings is 1. The highest BCUT2D eigenvalue weighted by Crippen LogP contribution is 2.31.